The highest BCUT2D eigenvalue weighted by Crippen LogP contribution is 2.46. The summed E-state index contributed by atoms with van der Waals surface area (Å²) in [5.74, 6) is 1.84. The number of phenolic OH excluding ortho intramolecular Hbond substituents is 2. The number of benzene rings is 8. The van der Waals surface area contributed by atoms with Crippen molar-refractivity contribution in [3.05, 3.63) is 146 Å². The van der Waals surface area contributed by atoms with Gasteiger partial charge in [0.05, 0.1) is 0 Å². The Morgan fingerprint density at radius 3 is 1.00 bits per heavy atom. The fraction of sp³-hybridized carbons (Fsp3) is 0.130. The Morgan fingerprint density at radius 2 is 0.685 bits per heavy atom. The van der Waals surface area contributed by atoms with E-state index in [9.17, 15) is 10.2 Å². The van der Waals surface area contributed by atoms with Gasteiger partial charge in [-0.05, 0) is 67.4 Å². The van der Waals surface area contributed by atoms with Crippen LogP contribution in [0.2, 0.25) is 0 Å². The number of aromatic hydroxyl groups is 2. The summed E-state index contributed by atoms with van der Waals surface area (Å²) in [6.07, 6.45) is 0. The van der Waals surface area contributed by atoms with E-state index in [0.717, 1.165) is 65.7 Å². The van der Waals surface area contributed by atoms with Crippen LogP contribution >= 0.6 is 11.6 Å². The largest absolute Gasteiger partial charge is 0.507 e. The predicted octanol–water partition coefficient (Wildman–Crippen LogP) is 11.5. The van der Waals surface area contributed by atoms with Crippen LogP contribution in [0.5, 0.6) is 23.0 Å². The van der Waals surface area contributed by atoms with E-state index in [0.29, 0.717) is 17.2 Å². The fourth-order valence-corrected chi connectivity index (χ4v) is 6.55. The number of ether oxygens (including phenoxy) is 5. The van der Waals surface area contributed by atoms with Crippen LogP contribution in [0, 0.1) is 0 Å². The minimum atomic E-state index is 0.171. The highest BCUT2D eigenvalue weighted by Gasteiger charge is 2.19. The van der Waals surface area contributed by atoms with Crippen molar-refractivity contribution in [3.63, 3.8) is 0 Å². The van der Waals surface area contributed by atoms with Gasteiger partial charge in [-0.2, -0.15) is 0 Å². The minimum absolute atomic E-state index is 0.171. The molecule has 0 atom stereocenters. The number of methoxy groups -OCH3 is 3. The SMILES string of the molecule is COCCl.COCOc1ccc2ccccc2c1-c1c(OCOC)ccc2ccccc12.Oc1ccc2ccccc2c1-c1c(O)ccc2ccccc12. The van der Waals surface area contributed by atoms with Gasteiger partial charge in [-0.3, -0.25) is 0 Å². The van der Waals surface area contributed by atoms with E-state index >= 15 is 0 Å². The monoisotopic (exact) mass is 740 g/mol. The van der Waals surface area contributed by atoms with Gasteiger partial charge in [0, 0.05) is 43.6 Å². The van der Waals surface area contributed by atoms with Crippen molar-refractivity contribution in [2.75, 3.05) is 41.0 Å². The molecule has 0 aromatic heterocycles. The lowest BCUT2D eigenvalue weighted by atomic mass is 9.92. The molecular formula is C46H41ClO7. The molecule has 0 heterocycles. The van der Waals surface area contributed by atoms with Crippen molar-refractivity contribution in [1.82, 2.24) is 0 Å². The number of phenols is 2. The third-order valence-corrected chi connectivity index (χ3v) is 9.09. The predicted molar refractivity (Wildman–Crippen MR) is 220 cm³/mol. The van der Waals surface area contributed by atoms with Crippen LogP contribution in [-0.2, 0) is 14.2 Å². The van der Waals surface area contributed by atoms with E-state index in [2.05, 4.69) is 41.1 Å². The van der Waals surface area contributed by atoms with Gasteiger partial charge in [0.1, 0.15) is 29.1 Å². The van der Waals surface area contributed by atoms with Gasteiger partial charge in [-0.25, -0.2) is 0 Å². The first kappa shape index (κ1) is 37.9. The van der Waals surface area contributed by atoms with Gasteiger partial charge in [-0.15, -0.1) is 0 Å². The number of alkyl halides is 1. The molecule has 0 saturated carbocycles. The molecule has 0 aliphatic rings. The van der Waals surface area contributed by atoms with Crippen molar-refractivity contribution in [2.24, 2.45) is 0 Å². The van der Waals surface area contributed by atoms with E-state index in [1.54, 1.807) is 33.5 Å². The number of rotatable bonds is 9. The van der Waals surface area contributed by atoms with Crippen LogP contribution < -0.4 is 9.47 Å². The molecule has 54 heavy (non-hydrogen) atoms. The second-order valence-corrected chi connectivity index (χ2v) is 12.4. The summed E-state index contributed by atoms with van der Waals surface area (Å²) in [4.78, 5) is 0. The summed E-state index contributed by atoms with van der Waals surface area (Å²) in [6, 6.07) is 47.8. The molecule has 8 aromatic rings. The van der Waals surface area contributed by atoms with Crippen molar-refractivity contribution < 1.29 is 33.9 Å². The van der Waals surface area contributed by atoms with Crippen molar-refractivity contribution in [2.45, 2.75) is 0 Å². The third kappa shape index (κ3) is 8.20. The van der Waals surface area contributed by atoms with E-state index in [-0.39, 0.29) is 25.1 Å². The number of hydrogen-bond donors (Lipinski definition) is 2. The Balaban J connectivity index is 0.000000171. The maximum absolute atomic E-state index is 10.4. The quantitative estimate of drug-likeness (QED) is 0.112. The van der Waals surface area contributed by atoms with Gasteiger partial charge < -0.3 is 33.9 Å². The molecule has 0 spiro atoms. The molecule has 7 nitrogen and oxygen atoms in total. The molecule has 274 valence electrons. The van der Waals surface area contributed by atoms with Crippen molar-refractivity contribution >= 4 is 54.7 Å². The van der Waals surface area contributed by atoms with Gasteiger partial charge in [0.2, 0.25) is 0 Å². The topological polar surface area (TPSA) is 86.6 Å². The summed E-state index contributed by atoms with van der Waals surface area (Å²) in [6.45, 7) is 0.342. The standard InChI is InChI=1S/C24H22O4.C20H14O2.C2H5ClO/c1-25-15-27-21-13-11-17-7-3-5-9-19(17)23(21)24-20-10-6-4-8-18(20)12-14-22(24)28-16-26-2;21-17-11-9-13-5-1-3-7-15(13)19(17)20-16-8-4-2-6-14(16)10-12-18(20)22;1-4-2-3/h3-14H,15-16H2,1-2H3;1-12,21-22H;2H2,1H3. The Hall–Kier alpha value is -5.83. The van der Waals surface area contributed by atoms with Crippen LogP contribution in [0.15, 0.2) is 146 Å². The normalized spacial score (nSPS) is 10.8. The lowest BCUT2D eigenvalue weighted by Crippen LogP contribution is -2.03. The van der Waals surface area contributed by atoms with Crippen molar-refractivity contribution in [1.29, 1.82) is 0 Å². The zero-order valence-corrected chi connectivity index (χ0v) is 31.0. The Labute approximate surface area is 319 Å². The van der Waals surface area contributed by atoms with E-state index in [4.69, 9.17) is 30.5 Å². The Morgan fingerprint density at radius 1 is 0.389 bits per heavy atom. The molecule has 0 amide bonds. The lowest BCUT2D eigenvalue weighted by Gasteiger charge is -2.19. The zero-order valence-electron chi connectivity index (χ0n) is 30.3. The van der Waals surface area contributed by atoms with Crippen LogP contribution in [-0.4, -0.2) is 51.2 Å². The Bertz CT molecular complexity index is 2320. The van der Waals surface area contributed by atoms with E-state index in [1.807, 2.05) is 97.1 Å². The lowest BCUT2D eigenvalue weighted by molar-refractivity contribution is 0.0502. The smallest absolute Gasteiger partial charge is 0.188 e. The molecule has 0 radical (unpaired) electrons. The van der Waals surface area contributed by atoms with Crippen LogP contribution in [0.25, 0.3) is 65.3 Å². The second-order valence-electron chi connectivity index (χ2n) is 12.2. The fourth-order valence-electron chi connectivity index (χ4n) is 6.55. The Kier molecular flexibility index (Phi) is 12.8. The molecule has 8 heteroatoms. The van der Waals surface area contributed by atoms with Gasteiger partial charge in [0.25, 0.3) is 0 Å². The zero-order chi connectivity index (χ0) is 37.9. The minimum Gasteiger partial charge on any atom is -0.507 e. The highest BCUT2D eigenvalue weighted by atomic mass is 35.5. The average molecular weight is 741 g/mol. The molecule has 2 N–H and O–H groups in total. The van der Waals surface area contributed by atoms with Crippen LogP contribution in [0.4, 0.5) is 0 Å². The molecule has 0 saturated heterocycles. The molecule has 0 unspecified atom stereocenters. The second kappa shape index (κ2) is 18.3. The average Bonchev–Trinajstić information content (AvgIpc) is 3.22. The highest BCUT2D eigenvalue weighted by molar-refractivity contribution is 6.17. The van der Waals surface area contributed by atoms with Gasteiger partial charge in [-0.1, -0.05) is 133 Å². The summed E-state index contributed by atoms with van der Waals surface area (Å²) in [5, 5.41) is 29.2. The third-order valence-electron chi connectivity index (χ3n) is 8.87. The van der Waals surface area contributed by atoms with Crippen LogP contribution in [0.3, 0.4) is 0 Å². The van der Waals surface area contributed by atoms with Gasteiger partial charge in [0.15, 0.2) is 13.6 Å². The summed E-state index contributed by atoms with van der Waals surface area (Å²) >= 11 is 4.96. The summed E-state index contributed by atoms with van der Waals surface area (Å²) < 4.78 is 26.5. The maximum atomic E-state index is 10.4. The molecule has 8 rings (SSSR count). The van der Waals surface area contributed by atoms with E-state index in [1.165, 1.54) is 0 Å². The first-order valence-corrected chi connectivity index (χ1v) is 17.8. The number of fused-ring (bicyclic) bond motifs is 4. The van der Waals surface area contributed by atoms with Crippen LogP contribution in [0.1, 0.15) is 0 Å². The maximum Gasteiger partial charge on any atom is 0.188 e. The number of hydrogen-bond acceptors (Lipinski definition) is 7. The molecule has 0 aliphatic heterocycles. The molecular weight excluding hydrogens is 700 g/mol. The van der Waals surface area contributed by atoms with Crippen molar-refractivity contribution in [3.8, 4) is 45.3 Å². The van der Waals surface area contributed by atoms with E-state index < -0.39 is 0 Å². The molecule has 0 aliphatic carbocycles. The summed E-state index contributed by atoms with van der Waals surface area (Å²) in [5.41, 5.74) is 3.32. The first-order chi connectivity index (χ1) is 26.5. The summed E-state index contributed by atoms with van der Waals surface area (Å²) in [7, 11) is 4.78. The number of halogens is 1. The van der Waals surface area contributed by atoms with Gasteiger partial charge >= 0.3 is 0 Å². The first-order valence-electron chi connectivity index (χ1n) is 17.2. The molecule has 0 bridgehead atoms. The molecule has 0 fully saturated rings. The molecule has 8 aromatic carbocycles.